The molecule has 0 N–H and O–H groups in total. The fourth-order valence-corrected chi connectivity index (χ4v) is 5.09. The van der Waals surface area contributed by atoms with Crippen molar-refractivity contribution in [3.63, 3.8) is 0 Å². The highest BCUT2D eigenvalue weighted by Crippen LogP contribution is 2.35. The summed E-state index contributed by atoms with van der Waals surface area (Å²) in [6.45, 7) is 3.08. The lowest BCUT2D eigenvalue weighted by Crippen LogP contribution is -2.46. The SMILES string of the molecule is COc1ccc(N(CC(=O)N2CCCC(C)C2)S(=O)(=O)c2ccccc2)c(OC)c1. The van der Waals surface area contributed by atoms with Crippen molar-refractivity contribution in [1.82, 2.24) is 4.90 Å². The Morgan fingerprint density at radius 2 is 1.87 bits per heavy atom. The van der Waals surface area contributed by atoms with Crippen LogP contribution in [0.5, 0.6) is 11.5 Å². The average Bonchev–Trinajstić information content (AvgIpc) is 2.77. The van der Waals surface area contributed by atoms with E-state index >= 15 is 0 Å². The third kappa shape index (κ3) is 4.70. The molecule has 162 valence electrons. The van der Waals surface area contributed by atoms with Gasteiger partial charge in [-0.3, -0.25) is 9.10 Å². The molecule has 1 atom stereocenters. The minimum Gasteiger partial charge on any atom is -0.497 e. The molecule has 1 fully saturated rings. The lowest BCUT2D eigenvalue weighted by atomic mass is 10.0. The van der Waals surface area contributed by atoms with Crippen LogP contribution in [0.15, 0.2) is 53.4 Å². The lowest BCUT2D eigenvalue weighted by Gasteiger charge is -2.33. The summed E-state index contributed by atoms with van der Waals surface area (Å²) < 4.78 is 38.8. The minimum absolute atomic E-state index is 0.114. The van der Waals surface area contributed by atoms with E-state index in [2.05, 4.69) is 6.92 Å². The molecule has 0 aromatic heterocycles. The Hall–Kier alpha value is -2.74. The summed E-state index contributed by atoms with van der Waals surface area (Å²) in [7, 11) is -1.01. The van der Waals surface area contributed by atoms with Crippen molar-refractivity contribution >= 4 is 21.6 Å². The van der Waals surface area contributed by atoms with Gasteiger partial charge in [-0.15, -0.1) is 0 Å². The number of benzene rings is 2. The Balaban J connectivity index is 2.02. The number of hydrogen-bond acceptors (Lipinski definition) is 5. The van der Waals surface area contributed by atoms with Crippen molar-refractivity contribution in [2.45, 2.75) is 24.7 Å². The summed E-state index contributed by atoms with van der Waals surface area (Å²) in [6, 6.07) is 13.0. The van der Waals surface area contributed by atoms with Crippen LogP contribution in [0.2, 0.25) is 0 Å². The number of piperidine rings is 1. The van der Waals surface area contributed by atoms with E-state index in [1.165, 1.54) is 26.4 Å². The molecule has 7 nitrogen and oxygen atoms in total. The molecule has 2 aromatic carbocycles. The maximum Gasteiger partial charge on any atom is 0.264 e. The highest BCUT2D eigenvalue weighted by atomic mass is 32.2. The summed E-state index contributed by atoms with van der Waals surface area (Å²) >= 11 is 0. The first kappa shape index (κ1) is 22.0. The molecule has 1 heterocycles. The number of ether oxygens (including phenoxy) is 2. The lowest BCUT2D eigenvalue weighted by molar-refractivity contribution is -0.131. The first-order chi connectivity index (χ1) is 14.4. The topological polar surface area (TPSA) is 76.2 Å². The number of methoxy groups -OCH3 is 2. The summed E-state index contributed by atoms with van der Waals surface area (Å²) in [5.41, 5.74) is 0.292. The number of amides is 1. The minimum atomic E-state index is -3.99. The first-order valence-corrected chi connectivity index (χ1v) is 11.4. The largest absolute Gasteiger partial charge is 0.497 e. The molecule has 1 saturated heterocycles. The van der Waals surface area contributed by atoms with E-state index < -0.39 is 10.0 Å². The molecule has 1 unspecified atom stereocenters. The number of carbonyl (C=O) groups excluding carboxylic acids is 1. The van der Waals surface area contributed by atoms with Gasteiger partial charge in [0.2, 0.25) is 5.91 Å². The number of likely N-dealkylation sites (tertiary alicyclic amines) is 1. The van der Waals surface area contributed by atoms with Crippen molar-refractivity contribution in [2.24, 2.45) is 5.92 Å². The van der Waals surface area contributed by atoms with E-state index in [0.29, 0.717) is 36.2 Å². The van der Waals surface area contributed by atoms with E-state index in [9.17, 15) is 13.2 Å². The van der Waals surface area contributed by atoms with E-state index in [0.717, 1.165) is 17.1 Å². The van der Waals surface area contributed by atoms with Gasteiger partial charge in [-0.25, -0.2) is 8.42 Å². The number of hydrogen-bond donors (Lipinski definition) is 0. The summed E-state index contributed by atoms with van der Waals surface area (Å²) in [4.78, 5) is 14.9. The van der Waals surface area contributed by atoms with Crippen molar-refractivity contribution in [2.75, 3.05) is 38.2 Å². The van der Waals surface area contributed by atoms with Crippen LogP contribution in [0.3, 0.4) is 0 Å². The zero-order valence-electron chi connectivity index (χ0n) is 17.6. The molecular formula is C22H28N2O5S. The Morgan fingerprint density at radius 3 is 2.50 bits per heavy atom. The van der Waals surface area contributed by atoms with Crippen molar-refractivity contribution in [3.05, 3.63) is 48.5 Å². The van der Waals surface area contributed by atoms with Gasteiger partial charge >= 0.3 is 0 Å². The first-order valence-electron chi connectivity index (χ1n) is 9.94. The predicted molar refractivity (Wildman–Crippen MR) is 115 cm³/mol. The fraction of sp³-hybridized carbons (Fsp3) is 0.409. The maximum atomic E-state index is 13.5. The van der Waals surface area contributed by atoms with Crippen LogP contribution in [0.1, 0.15) is 19.8 Å². The second-order valence-corrected chi connectivity index (χ2v) is 9.31. The van der Waals surface area contributed by atoms with Crippen molar-refractivity contribution < 1.29 is 22.7 Å². The maximum absolute atomic E-state index is 13.5. The van der Waals surface area contributed by atoms with Gasteiger partial charge in [-0.1, -0.05) is 25.1 Å². The second kappa shape index (κ2) is 9.38. The molecule has 8 heteroatoms. The zero-order valence-corrected chi connectivity index (χ0v) is 18.4. The third-order valence-electron chi connectivity index (χ3n) is 5.28. The van der Waals surface area contributed by atoms with Gasteiger partial charge in [0.05, 0.1) is 24.8 Å². The quantitative estimate of drug-likeness (QED) is 0.672. The number of anilines is 1. The van der Waals surface area contributed by atoms with Crippen LogP contribution >= 0.6 is 0 Å². The summed E-state index contributed by atoms with van der Waals surface area (Å²) in [5, 5.41) is 0. The number of nitrogens with zero attached hydrogens (tertiary/aromatic N) is 2. The molecule has 30 heavy (non-hydrogen) atoms. The molecule has 0 bridgehead atoms. The molecule has 0 spiro atoms. The van der Waals surface area contributed by atoms with Crippen LogP contribution in [0.25, 0.3) is 0 Å². The Labute approximate surface area is 178 Å². The number of rotatable bonds is 7. The normalized spacial score (nSPS) is 16.8. The van der Waals surface area contributed by atoms with Crippen LogP contribution < -0.4 is 13.8 Å². The van der Waals surface area contributed by atoms with Gasteiger partial charge in [0.1, 0.15) is 18.0 Å². The van der Waals surface area contributed by atoms with Gasteiger partial charge in [-0.05, 0) is 43.0 Å². The monoisotopic (exact) mass is 432 g/mol. The van der Waals surface area contributed by atoms with Crippen LogP contribution in [0, 0.1) is 5.92 Å². The number of carbonyl (C=O) groups is 1. The molecular weight excluding hydrogens is 404 g/mol. The molecule has 1 amide bonds. The van der Waals surface area contributed by atoms with Crippen molar-refractivity contribution in [3.8, 4) is 11.5 Å². The van der Waals surface area contributed by atoms with Gasteiger partial charge in [0.15, 0.2) is 0 Å². The standard InChI is InChI=1S/C22H28N2O5S/c1-17-8-7-13-23(15-17)22(25)16-24(30(26,27)19-9-5-4-6-10-19)20-12-11-18(28-2)14-21(20)29-3/h4-6,9-12,14,17H,7-8,13,15-16H2,1-3H3. The van der Waals surface area contributed by atoms with Crippen LogP contribution in [-0.4, -0.2) is 53.1 Å². The van der Waals surface area contributed by atoms with Crippen LogP contribution in [-0.2, 0) is 14.8 Å². The smallest absolute Gasteiger partial charge is 0.264 e. The molecule has 1 aliphatic heterocycles. The molecule has 0 saturated carbocycles. The average molecular weight is 433 g/mol. The fourth-order valence-electron chi connectivity index (χ4n) is 3.65. The third-order valence-corrected chi connectivity index (χ3v) is 7.05. The van der Waals surface area contributed by atoms with E-state index in [4.69, 9.17) is 9.47 Å². The second-order valence-electron chi connectivity index (χ2n) is 7.45. The molecule has 0 aliphatic carbocycles. The van der Waals surface area contributed by atoms with E-state index in [1.807, 2.05) is 0 Å². The van der Waals surface area contributed by atoms with Crippen molar-refractivity contribution in [1.29, 1.82) is 0 Å². The summed E-state index contributed by atoms with van der Waals surface area (Å²) in [6.07, 6.45) is 1.99. The Bertz CT molecular complexity index is 978. The van der Waals surface area contributed by atoms with Gasteiger partial charge < -0.3 is 14.4 Å². The van der Waals surface area contributed by atoms with Crippen LogP contribution in [0.4, 0.5) is 5.69 Å². The van der Waals surface area contributed by atoms with E-state index in [-0.39, 0.29) is 17.3 Å². The molecule has 2 aromatic rings. The Morgan fingerprint density at radius 1 is 1.13 bits per heavy atom. The van der Waals surface area contributed by atoms with Gasteiger partial charge in [0.25, 0.3) is 10.0 Å². The number of sulfonamides is 1. The molecule has 1 aliphatic rings. The molecule has 0 radical (unpaired) electrons. The van der Waals surface area contributed by atoms with E-state index in [1.54, 1.807) is 41.3 Å². The summed E-state index contributed by atoms with van der Waals surface area (Å²) in [5.74, 6) is 1.02. The molecule has 3 rings (SSSR count). The highest BCUT2D eigenvalue weighted by Gasteiger charge is 2.32. The predicted octanol–water partition coefficient (Wildman–Crippen LogP) is 3.16. The van der Waals surface area contributed by atoms with Gasteiger partial charge in [0, 0.05) is 19.2 Å². The van der Waals surface area contributed by atoms with Gasteiger partial charge in [-0.2, -0.15) is 0 Å². The zero-order chi connectivity index (χ0) is 21.7. The Kier molecular flexibility index (Phi) is 6.87. The highest BCUT2D eigenvalue weighted by molar-refractivity contribution is 7.92.